The highest BCUT2D eigenvalue weighted by molar-refractivity contribution is 5.42. The highest BCUT2D eigenvalue weighted by Gasteiger charge is 2.05. The average molecular weight is 397 g/mol. The summed E-state index contributed by atoms with van der Waals surface area (Å²) in [4.78, 5) is 0. The second kappa shape index (κ2) is 13.1. The number of nitrogens with zero attached hydrogens (tertiary/aromatic N) is 3. The SMILES string of the molecule is C[N+](C)(C)CCCCCCCCCCOc1ccc(N=Nc2ccccc2)cc1. The highest BCUT2D eigenvalue weighted by Crippen LogP contribution is 2.21. The molecule has 0 atom stereocenters. The molecule has 4 heteroatoms. The van der Waals surface area contributed by atoms with Gasteiger partial charge in [0.2, 0.25) is 0 Å². The number of azo groups is 1. The van der Waals surface area contributed by atoms with E-state index in [1.54, 1.807) is 0 Å². The molecule has 158 valence electrons. The van der Waals surface area contributed by atoms with Gasteiger partial charge in [0.15, 0.2) is 0 Å². The minimum absolute atomic E-state index is 0.786. The maximum absolute atomic E-state index is 5.84. The predicted octanol–water partition coefficient (Wildman–Crippen LogP) is 7.31. The van der Waals surface area contributed by atoms with Gasteiger partial charge in [-0.1, -0.05) is 50.3 Å². The molecule has 0 aliphatic carbocycles. The van der Waals surface area contributed by atoms with Crippen LogP contribution >= 0.6 is 0 Å². The molecule has 4 nitrogen and oxygen atoms in total. The molecule has 0 saturated carbocycles. The molecular weight excluding hydrogens is 358 g/mol. The summed E-state index contributed by atoms with van der Waals surface area (Å²) < 4.78 is 6.93. The van der Waals surface area contributed by atoms with Gasteiger partial charge in [-0.15, -0.1) is 0 Å². The van der Waals surface area contributed by atoms with Gasteiger partial charge in [-0.25, -0.2) is 0 Å². The molecule has 0 fully saturated rings. The fourth-order valence-corrected chi connectivity index (χ4v) is 3.16. The molecule has 0 heterocycles. The Morgan fingerprint density at radius 1 is 0.621 bits per heavy atom. The van der Waals surface area contributed by atoms with Crippen LogP contribution in [0.4, 0.5) is 11.4 Å². The lowest BCUT2D eigenvalue weighted by Gasteiger charge is -2.23. The Morgan fingerprint density at radius 2 is 1.14 bits per heavy atom. The predicted molar refractivity (Wildman–Crippen MR) is 122 cm³/mol. The summed E-state index contributed by atoms with van der Waals surface area (Å²) in [5, 5.41) is 8.48. The van der Waals surface area contributed by atoms with E-state index in [0.29, 0.717) is 0 Å². The summed E-state index contributed by atoms with van der Waals surface area (Å²) >= 11 is 0. The molecule has 0 amide bonds. The maximum atomic E-state index is 5.84. The van der Waals surface area contributed by atoms with E-state index in [-0.39, 0.29) is 0 Å². The van der Waals surface area contributed by atoms with Crippen LogP contribution in [0, 0.1) is 0 Å². The van der Waals surface area contributed by atoms with Crippen molar-refractivity contribution in [2.45, 2.75) is 51.4 Å². The Kier molecular flexibility index (Phi) is 10.4. The van der Waals surface area contributed by atoms with Crippen molar-refractivity contribution in [3.8, 4) is 5.75 Å². The van der Waals surface area contributed by atoms with Crippen LogP contribution in [-0.4, -0.2) is 38.8 Å². The van der Waals surface area contributed by atoms with Crippen molar-refractivity contribution in [3.05, 3.63) is 54.6 Å². The Labute approximate surface area is 177 Å². The smallest absolute Gasteiger partial charge is 0.119 e. The van der Waals surface area contributed by atoms with E-state index in [9.17, 15) is 0 Å². The van der Waals surface area contributed by atoms with Crippen LogP contribution in [0.2, 0.25) is 0 Å². The van der Waals surface area contributed by atoms with E-state index < -0.39 is 0 Å². The van der Waals surface area contributed by atoms with Crippen molar-refractivity contribution >= 4 is 11.4 Å². The van der Waals surface area contributed by atoms with Crippen molar-refractivity contribution in [3.63, 3.8) is 0 Å². The number of hydrogen-bond acceptors (Lipinski definition) is 3. The second-order valence-electron chi connectivity index (χ2n) is 8.72. The third-order valence-electron chi connectivity index (χ3n) is 4.87. The standard InChI is InChI=1S/C25H38N3O/c1-28(2,3)21-13-8-6-4-5-7-9-14-22-29-25-19-17-24(18-20-25)27-26-23-15-11-10-12-16-23/h10-12,15-20H,4-9,13-14,21-22H2,1-3H3/q+1. The van der Waals surface area contributed by atoms with Gasteiger partial charge < -0.3 is 9.22 Å². The van der Waals surface area contributed by atoms with Crippen molar-refractivity contribution in [2.75, 3.05) is 34.3 Å². The topological polar surface area (TPSA) is 34.0 Å². The minimum atomic E-state index is 0.786. The summed E-state index contributed by atoms with van der Waals surface area (Å²) in [6, 6.07) is 17.6. The zero-order chi connectivity index (χ0) is 20.8. The molecule has 2 aromatic rings. The molecule has 0 radical (unpaired) electrons. The number of ether oxygens (including phenoxy) is 1. The third kappa shape index (κ3) is 11.4. The van der Waals surface area contributed by atoms with Crippen LogP contribution in [0.15, 0.2) is 64.8 Å². The summed E-state index contributed by atoms with van der Waals surface area (Å²) in [6.07, 6.45) is 10.5. The maximum Gasteiger partial charge on any atom is 0.119 e. The van der Waals surface area contributed by atoms with Gasteiger partial charge in [0, 0.05) is 0 Å². The molecule has 0 N–H and O–H groups in total. The van der Waals surface area contributed by atoms with E-state index in [4.69, 9.17) is 4.74 Å². The van der Waals surface area contributed by atoms with E-state index in [0.717, 1.165) is 34.6 Å². The van der Waals surface area contributed by atoms with E-state index in [2.05, 4.69) is 31.4 Å². The normalized spacial score (nSPS) is 11.8. The van der Waals surface area contributed by atoms with Gasteiger partial charge in [0.05, 0.1) is 45.7 Å². The zero-order valence-corrected chi connectivity index (χ0v) is 18.5. The van der Waals surface area contributed by atoms with Crippen molar-refractivity contribution in [1.82, 2.24) is 0 Å². The Bertz CT molecular complexity index is 690. The molecule has 0 aromatic heterocycles. The molecule has 2 aromatic carbocycles. The lowest BCUT2D eigenvalue weighted by atomic mass is 10.1. The molecule has 29 heavy (non-hydrogen) atoms. The van der Waals surface area contributed by atoms with Gasteiger partial charge in [-0.2, -0.15) is 10.2 Å². The monoisotopic (exact) mass is 396 g/mol. The van der Waals surface area contributed by atoms with Crippen LogP contribution in [-0.2, 0) is 0 Å². The molecule has 0 spiro atoms. The number of quaternary nitrogens is 1. The second-order valence-corrected chi connectivity index (χ2v) is 8.72. The van der Waals surface area contributed by atoms with Gasteiger partial charge in [-0.05, 0) is 55.7 Å². The fourth-order valence-electron chi connectivity index (χ4n) is 3.16. The van der Waals surface area contributed by atoms with Crippen molar-refractivity contribution in [2.24, 2.45) is 10.2 Å². The number of hydrogen-bond donors (Lipinski definition) is 0. The summed E-state index contributed by atoms with van der Waals surface area (Å²) in [5.74, 6) is 0.904. The number of benzene rings is 2. The third-order valence-corrected chi connectivity index (χ3v) is 4.87. The summed E-state index contributed by atoms with van der Waals surface area (Å²) in [5.41, 5.74) is 1.69. The number of unbranched alkanes of at least 4 members (excludes halogenated alkanes) is 7. The quantitative estimate of drug-likeness (QED) is 0.187. The molecule has 0 saturated heterocycles. The first-order valence-corrected chi connectivity index (χ1v) is 11.0. The first-order chi connectivity index (χ1) is 14.0. The van der Waals surface area contributed by atoms with Gasteiger partial charge >= 0.3 is 0 Å². The Hall–Kier alpha value is -2.20. The van der Waals surface area contributed by atoms with E-state index in [1.165, 1.54) is 51.5 Å². The van der Waals surface area contributed by atoms with Gasteiger partial charge in [0.1, 0.15) is 5.75 Å². The molecule has 2 rings (SSSR count). The van der Waals surface area contributed by atoms with Crippen LogP contribution < -0.4 is 4.74 Å². The Morgan fingerprint density at radius 3 is 1.72 bits per heavy atom. The minimum Gasteiger partial charge on any atom is -0.494 e. The zero-order valence-electron chi connectivity index (χ0n) is 18.5. The van der Waals surface area contributed by atoms with Crippen molar-refractivity contribution < 1.29 is 9.22 Å². The molecule has 0 aliphatic heterocycles. The lowest BCUT2D eigenvalue weighted by Crippen LogP contribution is -2.35. The Balaban J connectivity index is 1.49. The van der Waals surface area contributed by atoms with Crippen LogP contribution in [0.1, 0.15) is 51.4 Å². The first kappa shape index (κ1) is 23.1. The number of rotatable bonds is 14. The molecule has 0 unspecified atom stereocenters. The molecular formula is C25H38N3O+. The van der Waals surface area contributed by atoms with Crippen LogP contribution in [0.3, 0.4) is 0 Å². The van der Waals surface area contributed by atoms with Crippen LogP contribution in [0.25, 0.3) is 0 Å². The largest absolute Gasteiger partial charge is 0.494 e. The van der Waals surface area contributed by atoms with E-state index >= 15 is 0 Å². The van der Waals surface area contributed by atoms with E-state index in [1.807, 2.05) is 54.6 Å². The fraction of sp³-hybridized carbons (Fsp3) is 0.520. The van der Waals surface area contributed by atoms with Gasteiger partial charge in [0.25, 0.3) is 0 Å². The summed E-state index contributed by atoms with van der Waals surface area (Å²) in [7, 11) is 6.81. The van der Waals surface area contributed by atoms with Crippen LogP contribution in [0.5, 0.6) is 5.75 Å². The summed E-state index contributed by atoms with van der Waals surface area (Å²) in [6.45, 7) is 2.07. The lowest BCUT2D eigenvalue weighted by molar-refractivity contribution is -0.870. The highest BCUT2D eigenvalue weighted by atomic mass is 16.5. The molecule has 0 aliphatic rings. The van der Waals surface area contributed by atoms with Gasteiger partial charge in [-0.3, -0.25) is 0 Å². The first-order valence-electron chi connectivity index (χ1n) is 11.0. The molecule has 0 bridgehead atoms. The average Bonchev–Trinajstić information content (AvgIpc) is 2.71. The van der Waals surface area contributed by atoms with Crippen molar-refractivity contribution in [1.29, 1.82) is 0 Å².